The first kappa shape index (κ1) is 13.5. The van der Waals surface area contributed by atoms with Gasteiger partial charge in [0.15, 0.2) is 0 Å². The molecule has 1 fully saturated rings. The van der Waals surface area contributed by atoms with Crippen LogP contribution in [0.4, 0.5) is 11.4 Å². The molecule has 0 saturated heterocycles. The van der Waals surface area contributed by atoms with Crippen LogP contribution in [-0.2, 0) is 0 Å². The quantitative estimate of drug-likeness (QED) is 0.884. The van der Waals surface area contributed by atoms with Gasteiger partial charge in [-0.25, -0.2) is 0 Å². The molecule has 3 nitrogen and oxygen atoms in total. The van der Waals surface area contributed by atoms with Gasteiger partial charge in [-0.1, -0.05) is 11.6 Å². The van der Waals surface area contributed by atoms with E-state index in [4.69, 9.17) is 17.3 Å². The predicted octanol–water partition coefficient (Wildman–Crippen LogP) is 3.09. The van der Waals surface area contributed by atoms with Crippen molar-refractivity contribution >= 4 is 23.0 Å². The average molecular weight is 268 g/mol. The van der Waals surface area contributed by atoms with Crippen LogP contribution in [-0.4, -0.2) is 26.2 Å². The van der Waals surface area contributed by atoms with Crippen molar-refractivity contribution in [1.82, 2.24) is 0 Å². The lowest BCUT2D eigenvalue weighted by atomic mass is 9.91. The van der Waals surface area contributed by atoms with Crippen LogP contribution in [0, 0.1) is 0 Å². The molecule has 0 atom stereocenters. The normalized spacial score (nSPS) is 23.8. The van der Waals surface area contributed by atoms with E-state index in [9.17, 15) is 0 Å². The zero-order valence-electron chi connectivity index (χ0n) is 11.1. The molecule has 3 N–H and O–H groups in total. The largest absolute Gasteiger partial charge is 0.382 e. The minimum Gasteiger partial charge on any atom is -0.382 e. The van der Waals surface area contributed by atoms with E-state index in [0.717, 1.165) is 42.1 Å². The second-order valence-corrected chi connectivity index (χ2v) is 5.72. The number of rotatable bonds is 3. The molecule has 0 radical (unpaired) electrons. The summed E-state index contributed by atoms with van der Waals surface area (Å²) in [7, 11) is 3.99. The van der Waals surface area contributed by atoms with Gasteiger partial charge in [0.25, 0.3) is 0 Å². The van der Waals surface area contributed by atoms with Crippen molar-refractivity contribution < 1.29 is 0 Å². The smallest absolute Gasteiger partial charge is 0.0659 e. The molecule has 0 aromatic heterocycles. The molecule has 100 valence electrons. The lowest BCUT2D eigenvalue weighted by molar-refractivity contribution is 0.411. The first-order chi connectivity index (χ1) is 8.56. The number of benzene rings is 1. The van der Waals surface area contributed by atoms with Crippen LogP contribution in [0.25, 0.3) is 0 Å². The third-order valence-corrected chi connectivity index (χ3v) is 3.87. The monoisotopic (exact) mass is 267 g/mol. The van der Waals surface area contributed by atoms with Gasteiger partial charge in [0.05, 0.1) is 10.7 Å². The fourth-order valence-electron chi connectivity index (χ4n) is 2.46. The van der Waals surface area contributed by atoms with Crippen molar-refractivity contribution in [3.63, 3.8) is 0 Å². The lowest BCUT2D eigenvalue weighted by Gasteiger charge is -2.28. The Bertz CT molecular complexity index is 398. The standard InChI is InChI=1S/C14H22ClN3/c1-18(2)14-8-7-12(9-13(14)15)17-11-5-3-10(16)4-6-11/h7-11,17H,3-6,16H2,1-2H3. The summed E-state index contributed by atoms with van der Waals surface area (Å²) in [5, 5.41) is 4.34. The molecule has 0 amide bonds. The molecule has 1 aliphatic carbocycles. The number of nitrogens with zero attached hydrogens (tertiary/aromatic N) is 1. The molecule has 1 saturated carbocycles. The van der Waals surface area contributed by atoms with Crippen LogP contribution in [0.1, 0.15) is 25.7 Å². The Morgan fingerprint density at radius 3 is 2.44 bits per heavy atom. The van der Waals surface area contributed by atoms with Gasteiger partial charge in [-0.15, -0.1) is 0 Å². The molecule has 0 unspecified atom stereocenters. The van der Waals surface area contributed by atoms with Gasteiger partial charge in [-0.3, -0.25) is 0 Å². The van der Waals surface area contributed by atoms with E-state index in [2.05, 4.69) is 17.4 Å². The number of hydrogen-bond acceptors (Lipinski definition) is 3. The van der Waals surface area contributed by atoms with Crippen LogP contribution in [0.5, 0.6) is 0 Å². The third-order valence-electron chi connectivity index (χ3n) is 3.57. The molecule has 1 aromatic rings. The van der Waals surface area contributed by atoms with Crippen LogP contribution < -0.4 is 16.0 Å². The van der Waals surface area contributed by atoms with Gasteiger partial charge < -0.3 is 16.0 Å². The Balaban J connectivity index is 2.00. The maximum atomic E-state index is 6.26. The molecular weight excluding hydrogens is 246 g/mol. The van der Waals surface area contributed by atoms with Crippen molar-refractivity contribution in [2.45, 2.75) is 37.8 Å². The Morgan fingerprint density at radius 2 is 1.89 bits per heavy atom. The van der Waals surface area contributed by atoms with E-state index in [1.54, 1.807) is 0 Å². The highest BCUT2D eigenvalue weighted by Crippen LogP contribution is 2.29. The number of nitrogens with two attached hydrogens (primary N) is 1. The van der Waals surface area contributed by atoms with Gasteiger partial charge in [0, 0.05) is 31.9 Å². The third kappa shape index (κ3) is 3.30. The maximum absolute atomic E-state index is 6.26. The van der Waals surface area contributed by atoms with E-state index >= 15 is 0 Å². The van der Waals surface area contributed by atoms with Crippen LogP contribution in [0.2, 0.25) is 5.02 Å². The summed E-state index contributed by atoms with van der Waals surface area (Å²) in [6.45, 7) is 0. The Hall–Kier alpha value is -0.930. The van der Waals surface area contributed by atoms with Gasteiger partial charge in [0.1, 0.15) is 0 Å². The molecule has 0 heterocycles. The maximum Gasteiger partial charge on any atom is 0.0659 e. The Kier molecular flexibility index (Phi) is 4.36. The molecule has 0 aliphatic heterocycles. The summed E-state index contributed by atoms with van der Waals surface area (Å²) in [6.07, 6.45) is 4.52. The first-order valence-corrected chi connectivity index (χ1v) is 6.93. The van der Waals surface area contributed by atoms with Crippen molar-refractivity contribution in [3.8, 4) is 0 Å². The predicted molar refractivity (Wildman–Crippen MR) is 79.6 cm³/mol. The van der Waals surface area contributed by atoms with E-state index in [-0.39, 0.29) is 0 Å². The molecule has 0 bridgehead atoms. The summed E-state index contributed by atoms with van der Waals surface area (Å²) in [5.74, 6) is 0. The van der Waals surface area contributed by atoms with Crippen molar-refractivity contribution in [2.24, 2.45) is 5.73 Å². The van der Waals surface area contributed by atoms with E-state index in [1.165, 1.54) is 0 Å². The molecule has 1 aliphatic rings. The zero-order valence-corrected chi connectivity index (χ0v) is 11.9. The first-order valence-electron chi connectivity index (χ1n) is 6.55. The molecular formula is C14H22ClN3. The molecule has 0 spiro atoms. The van der Waals surface area contributed by atoms with Crippen LogP contribution >= 0.6 is 11.6 Å². The van der Waals surface area contributed by atoms with E-state index in [0.29, 0.717) is 12.1 Å². The highest BCUT2D eigenvalue weighted by Gasteiger charge is 2.18. The number of anilines is 2. The highest BCUT2D eigenvalue weighted by molar-refractivity contribution is 6.33. The minimum absolute atomic E-state index is 0.391. The minimum atomic E-state index is 0.391. The van der Waals surface area contributed by atoms with Crippen LogP contribution in [0.3, 0.4) is 0 Å². The zero-order chi connectivity index (χ0) is 13.1. The number of halogens is 1. The average Bonchev–Trinajstić information content (AvgIpc) is 2.32. The Labute approximate surface area is 114 Å². The van der Waals surface area contributed by atoms with E-state index in [1.807, 2.05) is 25.1 Å². The molecule has 4 heteroatoms. The molecule has 2 rings (SSSR count). The Morgan fingerprint density at radius 1 is 1.22 bits per heavy atom. The van der Waals surface area contributed by atoms with Crippen LogP contribution in [0.15, 0.2) is 18.2 Å². The van der Waals surface area contributed by atoms with E-state index < -0.39 is 0 Å². The fourth-order valence-corrected chi connectivity index (χ4v) is 2.81. The summed E-state index contributed by atoms with van der Waals surface area (Å²) in [6, 6.07) is 7.08. The summed E-state index contributed by atoms with van der Waals surface area (Å²) in [4.78, 5) is 2.02. The second-order valence-electron chi connectivity index (χ2n) is 5.32. The summed E-state index contributed by atoms with van der Waals surface area (Å²) < 4.78 is 0. The number of hydrogen-bond donors (Lipinski definition) is 2. The van der Waals surface area contributed by atoms with Gasteiger partial charge >= 0.3 is 0 Å². The summed E-state index contributed by atoms with van der Waals surface area (Å²) in [5.41, 5.74) is 8.07. The van der Waals surface area contributed by atoms with Crippen molar-refractivity contribution in [2.75, 3.05) is 24.3 Å². The SMILES string of the molecule is CN(C)c1ccc(NC2CCC(N)CC2)cc1Cl. The van der Waals surface area contributed by atoms with Gasteiger partial charge in [-0.05, 0) is 43.9 Å². The fraction of sp³-hybridized carbons (Fsp3) is 0.571. The summed E-state index contributed by atoms with van der Waals surface area (Å²) >= 11 is 6.26. The van der Waals surface area contributed by atoms with Gasteiger partial charge in [-0.2, -0.15) is 0 Å². The van der Waals surface area contributed by atoms with Crippen molar-refractivity contribution in [3.05, 3.63) is 23.2 Å². The van der Waals surface area contributed by atoms with Crippen molar-refractivity contribution in [1.29, 1.82) is 0 Å². The second kappa shape index (κ2) is 5.81. The topological polar surface area (TPSA) is 41.3 Å². The lowest BCUT2D eigenvalue weighted by Crippen LogP contribution is -2.32. The van der Waals surface area contributed by atoms with Gasteiger partial charge in [0.2, 0.25) is 0 Å². The molecule has 18 heavy (non-hydrogen) atoms. The molecule has 1 aromatic carbocycles. The number of nitrogens with one attached hydrogen (secondary N) is 1. The highest BCUT2D eigenvalue weighted by atomic mass is 35.5.